The van der Waals surface area contributed by atoms with E-state index in [0.717, 1.165) is 33.7 Å². The molecule has 1 aromatic carbocycles. The molecule has 7 heteroatoms. The summed E-state index contributed by atoms with van der Waals surface area (Å²) in [7, 11) is 1.56. The Morgan fingerprint density at radius 3 is 2.76 bits per heavy atom. The summed E-state index contributed by atoms with van der Waals surface area (Å²) in [4.78, 5) is 26.2. The average molecular weight is 473 g/mol. The molecule has 0 atom stereocenters. The molecule has 0 radical (unpaired) electrons. The molecular weight excluding hydrogens is 453 g/mol. The van der Waals surface area contributed by atoms with Crippen LogP contribution in [-0.4, -0.2) is 36.3 Å². The first-order chi connectivity index (χ1) is 12.0. The van der Waals surface area contributed by atoms with Crippen molar-refractivity contribution in [3.63, 3.8) is 0 Å². The molecule has 0 spiro atoms. The fraction of sp³-hybridized carbons (Fsp3) is 0.333. The highest BCUT2D eigenvalue weighted by Gasteiger charge is 2.34. The molecule has 1 aliphatic rings. The summed E-state index contributed by atoms with van der Waals surface area (Å²) in [6, 6.07) is 3.68. The third-order valence-corrected chi connectivity index (χ3v) is 5.21. The molecule has 1 fully saturated rings. The third-order valence-electron chi connectivity index (χ3n) is 3.50. The van der Waals surface area contributed by atoms with Gasteiger partial charge >= 0.3 is 0 Å². The minimum Gasteiger partial charge on any atom is -0.493 e. The summed E-state index contributed by atoms with van der Waals surface area (Å²) in [5.41, 5.74) is 0.785. The van der Waals surface area contributed by atoms with Gasteiger partial charge in [0.15, 0.2) is 11.5 Å². The number of rotatable bonds is 8. The number of thioether (sulfide) groups is 1. The second-order valence-corrected chi connectivity index (χ2v) is 7.48. The van der Waals surface area contributed by atoms with Crippen LogP contribution in [0, 0.1) is 3.57 Å². The molecule has 1 aromatic rings. The lowest BCUT2D eigenvalue weighted by molar-refractivity contribution is -0.122. The van der Waals surface area contributed by atoms with Gasteiger partial charge in [-0.05, 0) is 64.5 Å². The second-order valence-electron chi connectivity index (χ2n) is 5.32. The third kappa shape index (κ3) is 4.78. The zero-order valence-corrected chi connectivity index (χ0v) is 17.2. The van der Waals surface area contributed by atoms with Gasteiger partial charge in [0.2, 0.25) is 0 Å². The van der Waals surface area contributed by atoms with E-state index in [9.17, 15) is 9.59 Å². The van der Waals surface area contributed by atoms with Crippen molar-refractivity contribution in [1.82, 2.24) is 4.90 Å². The second kappa shape index (κ2) is 9.28. The number of carbonyl (C=O) groups excluding carboxylic acids is 2. The topological polar surface area (TPSA) is 55.8 Å². The minimum absolute atomic E-state index is 0.211. The molecule has 25 heavy (non-hydrogen) atoms. The fourth-order valence-corrected chi connectivity index (χ4v) is 3.91. The molecule has 5 nitrogen and oxygen atoms in total. The number of hydrogen-bond acceptors (Lipinski definition) is 5. The summed E-state index contributed by atoms with van der Waals surface area (Å²) >= 11 is 3.13. The van der Waals surface area contributed by atoms with Crippen molar-refractivity contribution in [2.45, 2.75) is 19.8 Å². The number of methoxy groups -OCH3 is 1. The number of benzene rings is 1. The summed E-state index contributed by atoms with van der Waals surface area (Å²) < 4.78 is 11.9. The molecule has 1 saturated heterocycles. The Kier molecular flexibility index (Phi) is 7.37. The van der Waals surface area contributed by atoms with E-state index < -0.39 is 0 Å². The van der Waals surface area contributed by atoms with Gasteiger partial charge in [0.25, 0.3) is 11.1 Å². The number of ether oxygens (including phenoxy) is 2. The van der Waals surface area contributed by atoms with Crippen LogP contribution in [0.2, 0.25) is 0 Å². The van der Waals surface area contributed by atoms with Gasteiger partial charge < -0.3 is 9.47 Å². The lowest BCUT2D eigenvalue weighted by Gasteiger charge is -2.12. The highest BCUT2D eigenvalue weighted by Crippen LogP contribution is 2.37. The van der Waals surface area contributed by atoms with Crippen molar-refractivity contribution >= 4 is 51.6 Å². The predicted molar refractivity (Wildman–Crippen MR) is 109 cm³/mol. The van der Waals surface area contributed by atoms with E-state index in [0.29, 0.717) is 29.6 Å². The van der Waals surface area contributed by atoms with Gasteiger partial charge in [-0.25, -0.2) is 0 Å². The van der Waals surface area contributed by atoms with Crippen molar-refractivity contribution in [1.29, 1.82) is 0 Å². The molecule has 2 rings (SSSR count). The first-order valence-corrected chi connectivity index (χ1v) is 9.77. The van der Waals surface area contributed by atoms with Crippen LogP contribution in [0.5, 0.6) is 11.5 Å². The minimum atomic E-state index is -0.232. The SMILES string of the molecule is C=CCOc1c(I)cc(/C=C2\SC(=O)N(CCCC)C2=O)cc1OC. The number of imide groups is 1. The summed E-state index contributed by atoms with van der Waals surface area (Å²) in [5, 5.41) is -0.211. The number of halogens is 1. The van der Waals surface area contributed by atoms with E-state index in [1.54, 1.807) is 25.3 Å². The van der Waals surface area contributed by atoms with Crippen molar-refractivity contribution in [3.05, 3.63) is 38.8 Å². The highest BCUT2D eigenvalue weighted by atomic mass is 127. The van der Waals surface area contributed by atoms with Crippen molar-refractivity contribution in [2.24, 2.45) is 0 Å². The Morgan fingerprint density at radius 1 is 1.36 bits per heavy atom. The molecule has 1 heterocycles. The molecule has 0 bridgehead atoms. The highest BCUT2D eigenvalue weighted by molar-refractivity contribution is 14.1. The maximum absolute atomic E-state index is 12.4. The molecule has 0 aliphatic carbocycles. The molecular formula is C18H20INO4S. The largest absolute Gasteiger partial charge is 0.493 e. The Bertz CT molecular complexity index is 717. The van der Waals surface area contributed by atoms with Crippen LogP contribution in [0.1, 0.15) is 25.3 Å². The molecule has 134 valence electrons. The normalized spacial score (nSPS) is 15.8. The first-order valence-electron chi connectivity index (χ1n) is 7.88. The number of amides is 2. The summed E-state index contributed by atoms with van der Waals surface area (Å²) in [5.74, 6) is 0.978. The summed E-state index contributed by atoms with van der Waals surface area (Å²) in [6.07, 6.45) is 5.13. The van der Waals surface area contributed by atoms with Crippen molar-refractivity contribution in [3.8, 4) is 11.5 Å². The van der Waals surface area contributed by atoms with Gasteiger partial charge in [-0.1, -0.05) is 26.0 Å². The van der Waals surface area contributed by atoms with E-state index in [2.05, 4.69) is 29.2 Å². The molecule has 0 saturated carbocycles. The van der Waals surface area contributed by atoms with Gasteiger partial charge in [-0.3, -0.25) is 14.5 Å². The average Bonchev–Trinajstić information content (AvgIpc) is 2.85. The first kappa shape index (κ1) is 19.8. The van der Waals surface area contributed by atoms with Crippen molar-refractivity contribution in [2.75, 3.05) is 20.3 Å². The van der Waals surface area contributed by atoms with Crippen LogP contribution in [0.25, 0.3) is 6.08 Å². The predicted octanol–water partition coefficient (Wildman–Crippen LogP) is 4.70. The zero-order chi connectivity index (χ0) is 18.4. The molecule has 0 N–H and O–H groups in total. The Balaban J connectivity index is 2.28. The fourth-order valence-electron chi connectivity index (χ4n) is 2.27. The zero-order valence-electron chi connectivity index (χ0n) is 14.2. The molecule has 0 unspecified atom stereocenters. The monoisotopic (exact) mass is 473 g/mol. The van der Waals surface area contributed by atoms with Crippen LogP contribution in [0.15, 0.2) is 29.7 Å². The molecule has 2 amide bonds. The molecule has 0 aromatic heterocycles. The van der Waals surface area contributed by atoms with Gasteiger partial charge in [-0.2, -0.15) is 0 Å². The molecule has 1 aliphatic heterocycles. The van der Waals surface area contributed by atoms with Gasteiger partial charge in [-0.15, -0.1) is 0 Å². The van der Waals surface area contributed by atoms with E-state index in [1.807, 2.05) is 13.0 Å². The van der Waals surface area contributed by atoms with Crippen LogP contribution < -0.4 is 9.47 Å². The Hall–Kier alpha value is -1.48. The van der Waals surface area contributed by atoms with Crippen LogP contribution in [0.4, 0.5) is 4.79 Å². The van der Waals surface area contributed by atoms with Crippen molar-refractivity contribution < 1.29 is 19.1 Å². The number of carbonyl (C=O) groups is 2. The summed E-state index contributed by atoms with van der Waals surface area (Å²) in [6.45, 7) is 6.51. The van der Waals surface area contributed by atoms with Crippen LogP contribution in [0.3, 0.4) is 0 Å². The van der Waals surface area contributed by atoms with Gasteiger partial charge in [0.05, 0.1) is 15.6 Å². The van der Waals surface area contributed by atoms with Crippen LogP contribution >= 0.6 is 34.4 Å². The van der Waals surface area contributed by atoms with E-state index >= 15 is 0 Å². The number of unbranched alkanes of at least 4 members (excludes halogenated alkanes) is 1. The van der Waals surface area contributed by atoms with Gasteiger partial charge in [0.1, 0.15) is 6.61 Å². The standard InChI is InChI=1S/C18H20INO4S/c1-4-6-7-20-17(21)15(25-18(20)22)11-12-9-13(19)16(24-8-5-2)14(10-12)23-3/h5,9-11H,2,4,6-8H2,1,3H3/b15-11-. The van der Waals surface area contributed by atoms with Crippen LogP contribution in [-0.2, 0) is 4.79 Å². The van der Waals surface area contributed by atoms with Gasteiger partial charge in [0, 0.05) is 6.54 Å². The van der Waals surface area contributed by atoms with E-state index in [-0.39, 0.29) is 11.1 Å². The quantitative estimate of drug-likeness (QED) is 0.311. The lowest BCUT2D eigenvalue weighted by Crippen LogP contribution is -2.29. The van der Waals surface area contributed by atoms with E-state index in [1.165, 1.54) is 4.90 Å². The maximum atomic E-state index is 12.4. The number of hydrogen-bond donors (Lipinski definition) is 0. The number of nitrogens with zero attached hydrogens (tertiary/aromatic N) is 1. The Morgan fingerprint density at radius 2 is 2.12 bits per heavy atom. The maximum Gasteiger partial charge on any atom is 0.293 e. The Labute approximate surface area is 165 Å². The lowest BCUT2D eigenvalue weighted by atomic mass is 10.2. The van der Waals surface area contributed by atoms with E-state index in [4.69, 9.17) is 9.47 Å². The smallest absolute Gasteiger partial charge is 0.293 e.